The largest absolute Gasteiger partial charge is 0.480 e. The van der Waals surface area contributed by atoms with Crippen molar-refractivity contribution in [2.75, 3.05) is 0 Å². The van der Waals surface area contributed by atoms with Gasteiger partial charge in [-0.25, -0.2) is 9.07 Å². The SMILES string of the molecule is Cc1c(-c2ccc(=O)n(Cc3nnc[nH]3)n2)c2cc(F)ccc2n1CC(=O)O. The zero-order valence-corrected chi connectivity index (χ0v) is 14.8. The molecule has 4 rings (SSSR count). The van der Waals surface area contributed by atoms with Crippen LogP contribution in [0.15, 0.2) is 41.5 Å². The van der Waals surface area contributed by atoms with Gasteiger partial charge < -0.3 is 14.7 Å². The van der Waals surface area contributed by atoms with Crippen LogP contribution < -0.4 is 5.56 Å². The van der Waals surface area contributed by atoms with E-state index in [0.717, 1.165) is 0 Å². The maximum atomic E-state index is 13.9. The number of H-pyrrole nitrogens is 1. The van der Waals surface area contributed by atoms with E-state index in [9.17, 15) is 19.1 Å². The van der Waals surface area contributed by atoms with Gasteiger partial charge in [0.05, 0.1) is 5.69 Å². The van der Waals surface area contributed by atoms with Crippen LogP contribution in [0.5, 0.6) is 0 Å². The van der Waals surface area contributed by atoms with E-state index in [2.05, 4.69) is 20.3 Å². The summed E-state index contributed by atoms with van der Waals surface area (Å²) < 4.78 is 16.7. The predicted octanol–water partition coefficient (Wildman–Crippen LogP) is 1.56. The smallest absolute Gasteiger partial charge is 0.323 e. The number of halogens is 1. The molecule has 0 saturated heterocycles. The number of fused-ring (bicyclic) bond motifs is 1. The van der Waals surface area contributed by atoms with Crippen LogP contribution in [0.3, 0.4) is 0 Å². The molecule has 3 heterocycles. The molecule has 10 heteroatoms. The van der Waals surface area contributed by atoms with Gasteiger partial charge in [0.25, 0.3) is 5.56 Å². The van der Waals surface area contributed by atoms with E-state index >= 15 is 0 Å². The molecular formula is C18H15FN6O3. The molecule has 0 aliphatic heterocycles. The second-order valence-electron chi connectivity index (χ2n) is 6.25. The Balaban J connectivity index is 1.91. The summed E-state index contributed by atoms with van der Waals surface area (Å²) in [6, 6.07) is 7.05. The summed E-state index contributed by atoms with van der Waals surface area (Å²) in [6.07, 6.45) is 1.40. The molecule has 0 bridgehead atoms. The van der Waals surface area contributed by atoms with Gasteiger partial charge >= 0.3 is 5.97 Å². The van der Waals surface area contributed by atoms with Gasteiger partial charge in [-0.2, -0.15) is 5.10 Å². The number of nitrogens with zero attached hydrogens (tertiary/aromatic N) is 5. The molecule has 0 aliphatic rings. The third-order valence-corrected chi connectivity index (χ3v) is 4.47. The number of aromatic amines is 1. The minimum Gasteiger partial charge on any atom is -0.480 e. The lowest BCUT2D eigenvalue weighted by atomic mass is 10.1. The molecule has 0 radical (unpaired) electrons. The maximum Gasteiger partial charge on any atom is 0.323 e. The average molecular weight is 382 g/mol. The second-order valence-corrected chi connectivity index (χ2v) is 6.25. The Morgan fingerprint density at radius 3 is 2.82 bits per heavy atom. The molecule has 0 unspecified atom stereocenters. The van der Waals surface area contributed by atoms with E-state index in [0.29, 0.717) is 33.7 Å². The van der Waals surface area contributed by atoms with Crippen molar-refractivity contribution in [2.45, 2.75) is 20.0 Å². The Kier molecular flexibility index (Phi) is 4.22. The van der Waals surface area contributed by atoms with Crippen LogP contribution in [0.2, 0.25) is 0 Å². The van der Waals surface area contributed by atoms with E-state index in [1.807, 2.05) is 0 Å². The average Bonchev–Trinajstić information content (AvgIpc) is 3.24. The Morgan fingerprint density at radius 1 is 1.29 bits per heavy atom. The number of carboxylic acids is 1. The van der Waals surface area contributed by atoms with Crippen molar-refractivity contribution >= 4 is 16.9 Å². The molecule has 0 atom stereocenters. The Labute approximate surface area is 157 Å². The van der Waals surface area contributed by atoms with Crippen molar-refractivity contribution in [1.82, 2.24) is 29.5 Å². The van der Waals surface area contributed by atoms with E-state index in [4.69, 9.17) is 0 Å². The molecule has 142 valence electrons. The number of aliphatic carboxylic acids is 1. The summed E-state index contributed by atoms with van der Waals surface area (Å²) in [5, 5.41) is 21.7. The lowest BCUT2D eigenvalue weighted by Crippen LogP contribution is -2.23. The molecule has 3 aromatic heterocycles. The first-order valence-corrected chi connectivity index (χ1v) is 8.37. The molecule has 0 saturated carbocycles. The third kappa shape index (κ3) is 3.04. The second kappa shape index (κ2) is 6.72. The van der Waals surface area contributed by atoms with Crippen LogP contribution in [0.25, 0.3) is 22.2 Å². The molecule has 0 aliphatic carbocycles. The molecule has 0 spiro atoms. The van der Waals surface area contributed by atoms with Gasteiger partial charge in [0.1, 0.15) is 25.2 Å². The van der Waals surface area contributed by atoms with Gasteiger partial charge in [-0.15, -0.1) is 10.2 Å². The number of rotatable bonds is 5. The molecule has 28 heavy (non-hydrogen) atoms. The normalized spacial score (nSPS) is 11.2. The van der Waals surface area contributed by atoms with Gasteiger partial charge in [-0.05, 0) is 31.2 Å². The highest BCUT2D eigenvalue weighted by Gasteiger charge is 2.19. The standard InChI is InChI=1S/C18H15FN6O3/c1-10-18(12-6-11(19)2-4-14(12)24(10)8-17(27)28)13-3-5-16(26)25(23-13)7-15-20-9-21-22-15/h2-6,9H,7-8H2,1H3,(H,27,28)(H,20,21,22). The number of hydrogen-bond acceptors (Lipinski definition) is 5. The fourth-order valence-corrected chi connectivity index (χ4v) is 3.26. The highest BCUT2D eigenvalue weighted by Crippen LogP contribution is 2.33. The van der Waals surface area contributed by atoms with E-state index < -0.39 is 11.8 Å². The molecule has 9 nitrogen and oxygen atoms in total. The molecule has 2 N–H and O–H groups in total. The number of benzene rings is 1. The van der Waals surface area contributed by atoms with Crippen LogP contribution in [0, 0.1) is 12.7 Å². The van der Waals surface area contributed by atoms with E-state index in [1.165, 1.54) is 41.3 Å². The first-order chi connectivity index (χ1) is 13.4. The van der Waals surface area contributed by atoms with Crippen LogP contribution in [-0.2, 0) is 17.9 Å². The maximum absolute atomic E-state index is 13.9. The first kappa shape index (κ1) is 17.6. The lowest BCUT2D eigenvalue weighted by molar-refractivity contribution is -0.137. The van der Waals surface area contributed by atoms with Crippen LogP contribution in [0.4, 0.5) is 4.39 Å². The van der Waals surface area contributed by atoms with Crippen molar-refractivity contribution < 1.29 is 14.3 Å². The van der Waals surface area contributed by atoms with Crippen LogP contribution in [-0.4, -0.2) is 40.6 Å². The van der Waals surface area contributed by atoms with Crippen molar-refractivity contribution in [3.63, 3.8) is 0 Å². The van der Waals surface area contributed by atoms with E-state index in [1.54, 1.807) is 11.5 Å². The molecule has 0 fully saturated rings. The zero-order chi connectivity index (χ0) is 19.8. The summed E-state index contributed by atoms with van der Waals surface area (Å²) >= 11 is 0. The predicted molar refractivity (Wildman–Crippen MR) is 97.2 cm³/mol. The summed E-state index contributed by atoms with van der Waals surface area (Å²) in [4.78, 5) is 26.3. The topological polar surface area (TPSA) is 119 Å². The van der Waals surface area contributed by atoms with Crippen molar-refractivity contribution in [1.29, 1.82) is 0 Å². The molecular weight excluding hydrogens is 367 g/mol. The van der Waals surface area contributed by atoms with E-state index in [-0.39, 0.29) is 18.6 Å². The third-order valence-electron chi connectivity index (χ3n) is 4.47. The number of carbonyl (C=O) groups is 1. The first-order valence-electron chi connectivity index (χ1n) is 8.37. The lowest BCUT2D eigenvalue weighted by Gasteiger charge is -2.07. The fourth-order valence-electron chi connectivity index (χ4n) is 3.26. The Hall–Kier alpha value is -3.82. The van der Waals surface area contributed by atoms with Crippen molar-refractivity contribution in [3.05, 3.63) is 64.3 Å². The fraction of sp³-hybridized carbons (Fsp3) is 0.167. The molecule has 0 amide bonds. The summed E-state index contributed by atoms with van der Waals surface area (Å²) in [5.41, 5.74) is 1.85. The van der Waals surface area contributed by atoms with Gasteiger partial charge in [0.2, 0.25) is 0 Å². The molecule has 1 aromatic carbocycles. The van der Waals surface area contributed by atoms with Gasteiger partial charge in [-0.1, -0.05) is 0 Å². The van der Waals surface area contributed by atoms with Crippen LogP contribution >= 0.6 is 0 Å². The van der Waals surface area contributed by atoms with Crippen molar-refractivity contribution in [3.8, 4) is 11.3 Å². The number of nitrogens with one attached hydrogen (secondary N) is 1. The highest BCUT2D eigenvalue weighted by molar-refractivity contribution is 5.97. The number of carboxylic acid groups (broad SMARTS) is 1. The van der Waals surface area contributed by atoms with Gasteiger partial charge in [-0.3, -0.25) is 9.59 Å². The van der Waals surface area contributed by atoms with Crippen molar-refractivity contribution in [2.24, 2.45) is 0 Å². The number of aromatic nitrogens is 6. The minimum absolute atomic E-state index is 0.0911. The number of hydrogen-bond donors (Lipinski definition) is 2. The quantitative estimate of drug-likeness (QED) is 0.541. The molecule has 4 aromatic rings. The zero-order valence-electron chi connectivity index (χ0n) is 14.8. The Bertz CT molecular complexity index is 1240. The highest BCUT2D eigenvalue weighted by atomic mass is 19.1. The summed E-state index contributed by atoms with van der Waals surface area (Å²) in [5.74, 6) is -1.00. The summed E-state index contributed by atoms with van der Waals surface area (Å²) in [7, 11) is 0. The Morgan fingerprint density at radius 2 is 2.11 bits per heavy atom. The minimum atomic E-state index is -1.01. The van der Waals surface area contributed by atoms with Gasteiger partial charge in [0.15, 0.2) is 5.82 Å². The monoisotopic (exact) mass is 382 g/mol. The van der Waals surface area contributed by atoms with Crippen LogP contribution in [0.1, 0.15) is 11.5 Å². The summed E-state index contributed by atoms with van der Waals surface area (Å²) in [6.45, 7) is 1.56. The van der Waals surface area contributed by atoms with Gasteiger partial charge in [0, 0.05) is 28.2 Å².